The molecule has 70 valence electrons. The van der Waals surface area contributed by atoms with Crippen LogP contribution in [0, 0.1) is 5.41 Å². The molecule has 1 aliphatic rings. The molecule has 0 amide bonds. The van der Waals surface area contributed by atoms with Crippen molar-refractivity contribution in [3.63, 3.8) is 0 Å². The molecule has 2 N–H and O–H groups in total. The summed E-state index contributed by atoms with van der Waals surface area (Å²) < 4.78 is 0. The van der Waals surface area contributed by atoms with E-state index in [-0.39, 0.29) is 12.0 Å². The Hall–Kier alpha value is -0.350. The average molecular weight is 188 g/mol. The first-order chi connectivity index (χ1) is 5.61. The van der Waals surface area contributed by atoms with Gasteiger partial charge in [0, 0.05) is 25.6 Å². The van der Waals surface area contributed by atoms with Crippen molar-refractivity contribution in [3.8, 4) is 0 Å². The van der Waals surface area contributed by atoms with E-state index in [4.69, 9.17) is 17.3 Å². The summed E-state index contributed by atoms with van der Waals surface area (Å²) in [6, 6.07) is 0. The number of likely N-dealkylation sites (tertiary alicyclic amines) is 1. The Morgan fingerprint density at radius 2 is 2.42 bits per heavy atom. The molecule has 0 radical (unpaired) electrons. The molecule has 4 heteroatoms. The van der Waals surface area contributed by atoms with Crippen molar-refractivity contribution in [2.24, 2.45) is 5.41 Å². The highest BCUT2D eigenvalue weighted by Gasteiger charge is 2.33. The van der Waals surface area contributed by atoms with Crippen LogP contribution in [0.2, 0.25) is 0 Å². The maximum Gasteiger partial charge on any atom is 0.168 e. The lowest BCUT2D eigenvalue weighted by molar-refractivity contribution is 0.154. The summed E-state index contributed by atoms with van der Waals surface area (Å²) in [5.74, 6) is 0. The molecule has 1 rings (SSSR count). The summed E-state index contributed by atoms with van der Waals surface area (Å²) in [5, 5.41) is 12.8. The van der Waals surface area contributed by atoms with E-state index in [0.717, 1.165) is 24.6 Å². The Labute approximate surface area is 78.8 Å². The first-order valence-electron chi connectivity index (χ1n) is 4.19. The molecule has 0 aromatic heterocycles. The quantitative estimate of drug-likeness (QED) is 0.576. The van der Waals surface area contributed by atoms with E-state index >= 15 is 0 Å². The number of aliphatic hydroxyl groups excluding tert-OH is 1. The van der Waals surface area contributed by atoms with Gasteiger partial charge in [-0.1, -0.05) is 6.92 Å². The van der Waals surface area contributed by atoms with Gasteiger partial charge >= 0.3 is 0 Å². The number of thiocarbonyl (C=S) groups is 1. The van der Waals surface area contributed by atoms with E-state index in [2.05, 4.69) is 17.1 Å². The minimum Gasteiger partial charge on any atom is -0.396 e. The van der Waals surface area contributed by atoms with Crippen LogP contribution in [-0.2, 0) is 0 Å². The molecule has 0 saturated carbocycles. The van der Waals surface area contributed by atoms with Crippen LogP contribution >= 0.6 is 12.2 Å². The zero-order valence-electron chi connectivity index (χ0n) is 7.63. The molecule has 3 nitrogen and oxygen atoms in total. The van der Waals surface area contributed by atoms with Crippen molar-refractivity contribution in [2.45, 2.75) is 13.3 Å². The van der Waals surface area contributed by atoms with Gasteiger partial charge in [-0.15, -0.1) is 0 Å². The monoisotopic (exact) mass is 188 g/mol. The Bertz CT molecular complexity index is 186. The largest absolute Gasteiger partial charge is 0.396 e. The molecular formula is C8H16N2OS. The molecule has 0 aromatic rings. The molecule has 1 saturated heterocycles. The number of rotatable bonds is 1. The predicted octanol–water partition coefficient (Wildman–Crippen LogP) is 0.195. The van der Waals surface area contributed by atoms with E-state index in [1.807, 2.05) is 7.05 Å². The van der Waals surface area contributed by atoms with Crippen molar-refractivity contribution in [2.75, 3.05) is 26.7 Å². The fourth-order valence-corrected chi connectivity index (χ4v) is 1.64. The maximum atomic E-state index is 9.11. The second kappa shape index (κ2) is 3.58. The second-order valence-corrected chi connectivity index (χ2v) is 4.08. The third-order valence-corrected chi connectivity index (χ3v) is 2.90. The minimum atomic E-state index is 0.0426. The highest BCUT2D eigenvalue weighted by Crippen LogP contribution is 2.28. The normalized spacial score (nSPS) is 29.1. The SMILES string of the molecule is CNC(=S)N1CCC(C)(CO)C1. The average Bonchev–Trinajstić information content (AvgIpc) is 2.48. The van der Waals surface area contributed by atoms with Crippen molar-refractivity contribution < 1.29 is 5.11 Å². The van der Waals surface area contributed by atoms with Crippen LogP contribution in [0.3, 0.4) is 0 Å². The number of hydrogen-bond acceptors (Lipinski definition) is 2. The third-order valence-electron chi connectivity index (χ3n) is 2.44. The lowest BCUT2D eigenvalue weighted by atomic mass is 9.91. The molecule has 1 heterocycles. The van der Waals surface area contributed by atoms with Crippen LogP contribution in [0.5, 0.6) is 0 Å². The standard InChI is InChI=1S/C8H16N2OS/c1-8(6-11)3-4-10(5-8)7(12)9-2/h11H,3-6H2,1-2H3,(H,9,12). The summed E-state index contributed by atoms with van der Waals surface area (Å²) in [6.45, 7) is 4.15. The van der Waals surface area contributed by atoms with Gasteiger partial charge in [0.2, 0.25) is 0 Å². The molecule has 0 spiro atoms. The lowest BCUT2D eigenvalue weighted by Gasteiger charge is -2.23. The highest BCUT2D eigenvalue weighted by molar-refractivity contribution is 7.80. The molecule has 0 aliphatic carbocycles. The van der Waals surface area contributed by atoms with Gasteiger partial charge in [0.15, 0.2) is 5.11 Å². The third kappa shape index (κ3) is 1.87. The van der Waals surface area contributed by atoms with Gasteiger partial charge in [-0.05, 0) is 18.6 Å². The topological polar surface area (TPSA) is 35.5 Å². The minimum absolute atomic E-state index is 0.0426. The van der Waals surface area contributed by atoms with Gasteiger partial charge in [0.05, 0.1) is 6.61 Å². The van der Waals surface area contributed by atoms with Crippen molar-refractivity contribution in [3.05, 3.63) is 0 Å². The van der Waals surface area contributed by atoms with Gasteiger partial charge in [0.25, 0.3) is 0 Å². The van der Waals surface area contributed by atoms with Crippen LogP contribution < -0.4 is 5.32 Å². The fourth-order valence-electron chi connectivity index (χ4n) is 1.48. The van der Waals surface area contributed by atoms with Gasteiger partial charge < -0.3 is 15.3 Å². The first-order valence-corrected chi connectivity index (χ1v) is 4.60. The molecule has 0 bridgehead atoms. The highest BCUT2D eigenvalue weighted by atomic mass is 32.1. The number of nitrogens with one attached hydrogen (secondary N) is 1. The van der Waals surface area contributed by atoms with Crippen molar-refractivity contribution in [1.29, 1.82) is 0 Å². The van der Waals surface area contributed by atoms with E-state index in [0.29, 0.717) is 0 Å². The van der Waals surface area contributed by atoms with Crippen LogP contribution in [0.4, 0.5) is 0 Å². The predicted molar refractivity (Wildman–Crippen MR) is 53.0 cm³/mol. The molecule has 12 heavy (non-hydrogen) atoms. The van der Waals surface area contributed by atoms with Gasteiger partial charge in [-0.3, -0.25) is 0 Å². The molecule has 0 aromatic carbocycles. The van der Waals surface area contributed by atoms with Gasteiger partial charge in [-0.2, -0.15) is 0 Å². The molecule has 1 aliphatic heterocycles. The zero-order valence-corrected chi connectivity index (χ0v) is 8.45. The van der Waals surface area contributed by atoms with Crippen molar-refractivity contribution >= 4 is 17.3 Å². The number of nitrogens with zero attached hydrogens (tertiary/aromatic N) is 1. The lowest BCUT2D eigenvalue weighted by Crippen LogP contribution is -2.37. The van der Waals surface area contributed by atoms with Crippen molar-refractivity contribution in [1.82, 2.24) is 10.2 Å². The summed E-state index contributed by atoms with van der Waals surface area (Å²) >= 11 is 5.10. The maximum absolute atomic E-state index is 9.11. The zero-order chi connectivity index (χ0) is 9.19. The number of hydrogen-bond donors (Lipinski definition) is 2. The molecule has 1 fully saturated rings. The summed E-state index contributed by atoms with van der Waals surface area (Å²) in [5.41, 5.74) is 0.0426. The van der Waals surface area contributed by atoms with Crippen LogP contribution in [-0.4, -0.2) is 41.9 Å². The Morgan fingerprint density at radius 3 is 2.83 bits per heavy atom. The summed E-state index contributed by atoms with van der Waals surface area (Å²) in [4.78, 5) is 2.10. The summed E-state index contributed by atoms with van der Waals surface area (Å²) in [7, 11) is 1.83. The second-order valence-electron chi connectivity index (χ2n) is 3.70. The van der Waals surface area contributed by atoms with E-state index in [1.54, 1.807) is 0 Å². The molecular weight excluding hydrogens is 172 g/mol. The Kier molecular flexibility index (Phi) is 2.90. The first kappa shape index (κ1) is 9.74. The van der Waals surface area contributed by atoms with E-state index in [9.17, 15) is 0 Å². The Balaban J connectivity index is 2.50. The van der Waals surface area contributed by atoms with E-state index in [1.165, 1.54) is 0 Å². The van der Waals surface area contributed by atoms with Crippen LogP contribution in [0.15, 0.2) is 0 Å². The van der Waals surface area contributed by atoms with Gasteiger partial charge in [0.1, 0.15) is 0 Å². The number of aliphatic hydroxyl groups is 1. The van der Waals surface area contributed by atoms with Crippen LogP contribution in [0.25, 0.3) is 0 Å². The Morgan fingerprint density at radius 1 is 1.75 bits per heavy atom. The smallest absolute Gasteiger partial charge is 0.168 e. The fraction of sp³-hybridized carbons (Fsp3) is 0.875. The summed E-state index contributed by atoms with van der Waals surface area (Å²) in [6.07, 6.45) is 1.02. The van der Waals surface area contributed by atoms with Gasteiger partial charge in [-0.25, -0.2) is 0 Å². The van der Waals surface area contributed by atoms with E-state index < -0.39 is 0 Å². The van der Waals surface area contributed by atoms with Crippen LogP contribution in [0.1, 0.15) is 13.3 Å². The molecule has 1 unspecified atom stereocenters. The molecule has 1 atom stereocenters.